The highest BCUT2D eigenvalue weighted by Crippen LogP contribution is 2.21. The van der Waals surface area contributed by atoms with E-state index >= 15 is 0 Å². The van der Waals surface area contributed by atoms with Crippen molar-refractivity contribution in [2.45, 2.75) is 13.0 Å². The van der Waals surface area contributed by atoms with Crippen LogP contribution in [0.1, 0.15) is 18.6 Å². The lowest BCUT2D eigenvalue weighted by Gasteiger charge is -2.32. The van der Waals surface area contributed by atoms with Gasteiger partial charge in [0, 0.05) is 12.7 Å². The molecule has 1 heterocycles. The molecule has 2 rings (SSSR count). The molecule has 1 fully saturated rings. The zero-order chi connectivity index (χ0) is 16.3. The van der Waals surface area contributed by atoms with Crippen LogP contribution < -0.4 is 4.90 Å². The van der Waals surface area contributed by atoms with Crippen LogP contribution in [-0.2, 0) is 19.1 Å². The minimum atomic E-state index is -1.34. The van der Waals surface area contributed by atoms with Crippen molar-refractivity contribution in [2.24, 2.45) is 0 Å². The molecule has 0 radical (unpaired) electrons. The predicted molar refractivity (Wildman–Crippen MR) is 78.0 cm³/mol. The van der Waals surface area contributed by atoms with Crippen molar-refractivity contribution in [1.29, 1.82) is 0 Å². The lowest BCUT2D eigenvalue weighted by atomic mass is 10.1. The summed E-state index contributed by atoms with van der Waals surface area (Å²) in [5.41, 5.74) is 1.07. The van der Waals surface area contributed by atoms with Gasteiger partial charge in [0.25, 0.3) is 0 Å². The fourth-order valence-corrected chi connectivity index (χ4v) is 2.14. The third-order valence-electron chi connectivity index (χ3n) is 3.48. The van der Waals surface area contributed by atoms with Crippen LogP contribution in [-0.4, -0.2) is 54.5 Å². The van der Waals surface area contributed by atoms with Crippen molar-refractivity contribution in [3.63, 3.8) is 0 Å². The Morgan fingerprint density at radius 2 is 1.77 bits per heavy atom. The average molecular weight is 306 g/mol. The van der Waals surface area contributed by atoms with Crippen molar-refractivity contribution in [2.75, 3.05) is 31.6 Å². The lowest BCUT2D eigenvalue weighted by Crippen LogP contribution is -2.52. The van der Waals surface area contributed by atoms with Gasteiger partial charge in [0.15, 0.2) is 6.10 Å². The van der Waals surface area contributed by atoms with Crippen LogP contribution in [0, 0.1) is 0 Å². The van der Waals surface area contributed by atoms with Gasteiger partial charge in [0.1, 0.15) is 0 Å². The number of piperazine rings is 1. The van der Waals surface area contributed by atoms with Crippen LogP contribution in [0.2, 0.25) is 0 Å². The van der Waals surface area contributed by atoms with Crippen LogP contribution in [0.25, 0.3) is 0 Å². The monoisotopic (exact) mass is 306 g/mol. The molecule has 1 N–H and O–H groups in total. The highest BCUT2D eigenvalue weighted by Gasteiger charge is 2.28. The van der Waals surface area contributed by atoms with Crippen LogP contribution in [0.15, 0.2) is 24.3 Å². The fraction of sp³-hybridized carbons (Fsp3) is 0.400. The second-order valence-electron chi connectivity index (χ2n) is 4.95. The number of amides is 2. The molecule has 0 spiro atoms. The molecular weight excluding hydrogens is 288 g/mol. The number of aliphatic hydroxyl groups excluding tert-OH is 1. The standard InChI is InChI=1S/C15H18N2O5/c1-3-22-15(21)14(20)10-4-6-11(7-5-10)17-8-12(18)16(2)13(19)9-17/h4-7,14,20H,3,8-9H2,1-2H3. The molecular formula is C15H18N2O5. The first-order valence-electron chi connectivity index (χ1n) is 6.93. The fourth-order valence-electron chi connectivity index (χ4n) is 2.14. The zero-order valence-electron chi connectivity index (χ0n) is 12.5. The number of carbonyl (C=O) groups is 3. The summed E-state index contributed by atoms with van der Waals surface area (Å²) in [6.07, 6.45) is -1.34. The number of carbonyl (C=O) groups excluding carboxylic acids is 3. The molecule has 1 saturated heterocycles. The van der Waals surface area contributed by atoms with Crippen molar-refractivity contribution >= 4 is 23.5 Å². The highest BCUT2D eigenvalue weighted by atomic mass is 16.5. The lowest BCUT2D eigenvalue weighted by molar-refractivity contribution is -0.153. The van der Waals surface area contributed by atoms with E-state index in [1.54, 1.807) is 36.1 Å². The Bertz CT molecular complexity index is 566. The number of hydrogen-bond acceptors (Lipinski definition) is 6. The Balaban J connectivity index is 2.10. The van der Waals surface area contributed by atoms with E-state index in [2.05, 4.69) is 0 Å². The van der Waals surface area contributed by atoms with E-state index in [0.29, 0.717) is 11.3 Å². The molecule has 22 heavy (non-hydrogen) atoms. The molecule has 0 saturated carbocycles. The molecule has 7 nitrogen and oxygen atoms in total. The molecule has 7 heteroatoms. The summed E-state index contributed by atoms with van der Waals surface area (Å²) in [5.74, 6) is -1.25. The molecule has 1 aliphatic heterocycles. The van der Waals surface area contributed by atoms with Gasteiger partial charge in [-0.3, -0.25) is 14.5 Å². The molecule has 118 valence electrons. The molecule has 2 amide bonds. The van der Waals surface area contributed by atoms with E-state index in [0.717, 1.165) is 4.90 Å². The minimum absolute atomic E-state index is 0.113. The maximum Gasteiger partial charge on any atom is 0.339 e. The van der Waals surface area contributed by atoms with Crippen LogP contribution in [0.5, 0.6) is 0 Å². The summed E-state index contributed by atoms with van der Waals surface area (Å²) >= 11 is 0. The topological polar surface area (TPSA) is 87.2 Å². The van der Waals surface area contributed by atoms with E-state index < -0.39 is 12.1 Å². The molecule has 1 aromatic rings. The number of esters is 1. The predicted octanol–water partition coefficient (Wildman–Crippen LogP) is 0.0881. The number of imide groups is 1. The number of nitrogens with zero attached hydrogens (tertiary/aromatic N) is 2. The molecule has 1 atom stereocenters. The van der Waals surface area contributed by atoms with E-state index in [1.807, 2.05) is 0 Å². The van der Waals surface area contributed by atoms with E-state index in [9.17, 15) is 19.5 Å². The Morgan fingerprint density at radius 3 is 2.27 bits per heavy atom. The molecule has 1 aromatic carbocycles. The van der Waals surface area contributed by atoms with Gasteiger partial charge in [-0.05, 0) is 24.6 Å². The Labute approximate surface area is 128 Å². The minimum Gasteiger partial charge on any atom is -0.464 e. The summed E-state index contributed by atoms with van der Waals surface area (Å²) < 4.78 is 4.75. The molecule has 1 unspecified atom stereocenters. The van der Waals surface area contributed by atoms with Crippen molar-refractivity contribution in [1.82, 2.24) is 4.90 Å². The normalized spacial score (nSPS) is 16.7. The van der Waals surface area contributed by atoms with Crippen molar-refractivity contribution < 1.29 is 24.2 Å². The first-order chi connectivity index (χ1) is 10.4. The third-order valence-corrected chi connectivity index (χ3v) is 3.48. The van der Waals surface area contributed by atoms with Crippen molar-refractivity contribution in [3.8, 4) is 0 Å². The first-order valence-corrected chi connectivity index (χ1v) is 6.93. The summed E-state index contributed by atoms with van der Waals surface area (Å²) in [4.78, 5) is 37.6. The second kappa shape index (κ2) is 6.57. The van der Waals surface area contributed by atoms with Crippen LogP contribution in [0.4, 0.5) is 5.69 Å². The van der Waals surface area contributed by atoms with Gasteiger partial charge >= 0.3 is 5.97 Å². The smallest absolute Gasteiger partial charge is 0.339 e. The van der Waals surface area contributed by atoms with Gasteiger partial charge in [-0.15, -0.1) is 0 Å². The van der Waals surface area contributed by atoms with Gasteiger partial charge < -0.3 is 14.7 Å². The van der Waals surface area contributed by atoms with E-state index in [4.69, 9.17) is 4.74 Å². The number of aliphatic hydroxyl groups is 1. The third kappa shape index (κ3) is 3.25. The van der Waals surface area contributed by atoms with Crippen LogP contribution in [0.3, 0.4) is 0 Å². The number of anilines is 1. The van der Waals surface area contributed by atoms with Crippen molar-refractivity contribution in [3.05, 3.63) is 29.8 Å². The first kappa shape index (κ1) is 16.0. The van der Waals surface area contributed by atoms with Gasteiger partial charge in [0.05, 0.1) is 19.7 Å². The average Bonchev–Trinajstić information content (AvgIpc) is 2.51. The maximum atomic E-state index is 11.7. The Morgan fingerprint density at radius 1 is 1.23 bits per heavy atom. The van der Waals surface area contributed by atoms with E-state index in [1.165, 1.54) is 7.05 Å². The Kier molecular flexibility index (Phi) is 4.77. The number of ether oxygens (including phenoxy) is 1. The number of benzene rings is 1. The molecule has 0 aliphatic carbocycles. The summed E-state index contributed by atoms with van der Waals surface area (Å²) in [5, 5.41) is 9.84. The molecule has 0 bridgehead atoms. The second-order valence-corrected chi connectivity index (χ2v) is 4.95. The van der Waals surface area contributed by atoms with Gasteiger partial charge in [0.2, 0.25) is 11.8 Å². The quantitative estimate of drug-likeness (QED) is 0.626. The van der Waals surface area contributed by atoms with Crippen LogP contribution >= 0.6 is 0 Å². The highest BCUT2D eigenvalue weighted by molar-refractivity contribution is 6.02. The maximum absolute atomic E-state index is 11.7. The number of rotatable bonds is 4. The summed E-state index contributed by atoms with van der Waals surface area (Å²) in [6.45, 7) is 2.08. The molecule has 1 aliphatic rings. The zero-order valence-corrected chi connectivity index (χ0v) is 12.5. The SMILES string of the molecule is CCOC(=O)C(O)c1ccc(N2CC(=O)N(C)C(=O)C2)cc1. The van der Waals surface area contributed by atoms with E-state index in [-0.39, 0.29) is 31.5 Å². The van der Waals surface area contributed by atoms with Gasteiger partial charge in [-0.2, -0.15) is 0 Å². The summed E-state index contributed by atoms with van der Waals surface area (Å²) in [7, 11) is 1.46. The van der Waals surface area contributed by atoms with Gasteiger partial charge in [-0.25, -0.2) is 4.79 Å². The largest absolute Gasteiger partial charge is 0.464 e. The number of likely N-dealkylation sites (N-methyl/N-ethyl adjacent to an activating group) is 1. The summed E-state index contributed by atoms with van der Waals surface area (Å²) in [6, 6.07) is 6.46. The van der Waals surface area contributed by atoms with Gasteiger partial charge in [-0.1, -0.05) is 12.1 Å². The Hall–Kier alpha value is -2.41. The number of hydrogen-bond donors (Lipinski definition) is 1. The molecule has 0 aromatic heterocycles.